The smallest absolute Gasteiger partial charge is 0.361 e. The summed E-state index contributed by atoms with van der Waals surface area (Å²) in [6, 6.07) is 4.04. The van der Waals surface area contributed by atoms with Gasteiger partial charge in [-0.05, 0) is 40.2 Å². The van der Waals surface area contributed by atoms with Crippen molar-refractivity contribution in [2.45, 2.75) is 45.1 Å². The maximum absolute atomic E-state index is 13.2. The standard InChI is InChI=1S/C19H21BrClF3N4O2Si/c1-31(2,3)7-6-30-11-27-9-13(25-17(27)20)10-28-15-8-12(19(22,23)24)4-5-14(15)16(21)26-18(28)29/h4-5,8-9H,6-7,10-11H2,1-3H3. The van der Waals surface area contributed by atoms with Crippen molar-refractivity contribution < 1.29 is 17.9 Å². The topological polar surface area (TPSA) is 61.9 Å². The van der Waals surface area contributed by atoms with Crippen LogP contribution in [0.15, 0.2) is 33.9 Å². The average molecular weight is 538 g/mol. The van der Waals surface area contributed by atoms with Crippen LogP contribution in [0.25, 0.3) is 10.9 Å². The van der Waals surface area contributed by atoms with Crippen molar-refractivity contribution in [2.24, 2.45) is 0 Å². The fraction of sp³-hybridized carbons (Fsp3) is 0.421. The molecule has 31 heavy (non-hydrogen) atoms. The molecule has 0 unspecified atom stereocenters. The summed E-state index contributed by atoms with van der Waals surface area (Å²) in [4.78, 5) is 20.5. The lowest BCUT2D eigenvalue weighted by atomic mass is 10.1. The van der Waals surface area contributed by atoms with E-state index in [4.69, 9.17) is 16.3 Å². The van der Waals surface area contributed by atoms with Gasteiger partial charge in [0, 0.05) is 26.3 Å². The van der Waals surface area contributed by atoms with Crippen molar-refractivity contribution in [3.63, 3.8) is 0 Å². The number of hydrogen-bond donors (Lipinski definition) is 0. The van der Waals surface area contributed by atoms with Gasteiger partial charge in [0.25, 0.3) is 0 Å². The van der Waals surface area contributed by atoms with Gasteiger partial charge in [-0.1, -0.05) is 31.2 Å². The molecule has 0 saturated heterocycles. The van der Waals surface area contributed by atoms with Crippen molar-refractivity contribution in [3.8, 4) is 0 Å². The van der Waals surface area contributed by atoms with Crippen LogP contribution >= 0.6 is 27.5 Å². The molecule has 6 nitrogen and oxygen atoms in total. The van der Waals surface area contributed by atoms with Crippen molar-refractivity contribution in [2.75, 3.05) is 6.61 Å². The molecule has 0 radical (unpaired) electrons. The highest BCUT2D eigenvalue weighted by Crippen LogP contribution is 2.32. The van der Waals surface area contributed by atoms with E-state index in [2.05, 4.69) is 45.5 Å². The van der Waals surface area contributed by atoms with Gasteiger partial charge in [0.2, 0.25) is 0 Å². The fourth-order valence-corrected chi connectivity index (χ4v) is 4.30. The Morgan fingerprint density at radius 3 is 2.58 bits per heavy atom. The summed E-state index contributed by atoms with van der Waals surface area (Å²) in [7, 11) is -1.21. The Kier molecular flexibility index (Phi) is 6.99. The Labute approximate surface area is 191 Å². The number of alkyl halides is 3. The maximum Gasteiger partial charge on any atom is 0.416 e. The van der Waals surface area contributed by atoms with Gasteiger partial charge in [0.15, 0.2) is 4.73 Å². The first-order valence-electron chi connectivity index (χ1n) is 9.42. The molecule has 0 bridgehead atoms. The first kappa shape index (κ1) is 24.0. The minimum atomic E-state index is -4.55. The average Bonchev–Trinajstić information content (AvgIpc) is 2.99. The Morgan fingerprint density at radius 2 is 1.94 bits per heavy atom. The van der Waals surface area contributed by atoms with Crippen molar-refractivity contribution >= 4 is 46.5 Å². The Hall–Kier alpha value is -1.69. The van der Waals surface area contributed by atoms with E-state index in [0.29, 0.717) is 17.0 Å². The maximum atomic E-state index is 13.2. The van der Waals surface area contributed by atoms with Gasteiger partial charge in [0.1, 0.15) is 11.9 Å². The van der Waals surface area contributed by atoms with E-state index >= 15 is 0 Å². The predicted molar refractivity (Wildman–Crippen MR) is 119 cm³/mol. The molecule has 0 amide bonds. The summed E-state index contributed by atoms with van der Waals surface area (Å²) in [5, 5.41) is 0.106. The second-order valence-electron chi connectivity index (χ2n) is 8.32. The normalized spacial score (nSPS) is 12.6. The van der Waals surface area contributed by atoms with Crippen LogP contribution in [-0.2, 0) is 24.2 Å². The molecule has 1 aromatic carbocycles. The summed E-state index contributed by atoms with van der Waals surface area (Å²) in [6.45, 7) is 7.60. The van der Waals surface area contributed by atoms with Crippen LogP contribution in [0.5, 0.6) is 0 Å². The number of halogens is 5. The molecule has 0 N–H and O–H groups in total. The third-order valence-electron chi connectivity index (χ3n) is 4.59. The monoisotopic (exact) mass is 536 g/mol. The molecule has 12 heteroatoms. The number of rotatable bonds is 7. The van der Waals surface area contributed by atoms with Crippen LogP contribution in [-0.4, -0.2) is 33.8 Å². The number of hydrogen-bond acceptors (Lipinski definition) is 4. The Bertz CT molecular complexity index is 1160. The van der Waals surface area contributed by atoms with E-state index in [1.807, 2.05) is 0 Å². The second kappa shape index (κ2) is 9.05. The van der Waals surface area contributed by atoms with Crippen LogP contribution in [0.2, 0.25) is 30.8 Å². The molecule has 2 heterocycles. The molecule has 2 aromatic heterocycles. The molecule has 0 atom stereocenters. The van der Waals surface area contributed by atoms with Crippen LogP contribution in [0.4, 0.5) is 13.2 Å². The van der Waals surface area contributed by atoms with E-state index in [1.54, 1.807) is 10.8 Å². The summed E-state index contributed by atoms with van der Waals surface area (Å²) in [6.07, 6.45) is -2.87. The van der Waals surface area contributed by atoms with Gasteiger partial charge in [0.05, 0.1) is 23.3 Å². The van der Waals surface area contributed by atoms with Crippen molar-refractivity contribution in [1.29, 1.82) is 0 Å². The highest BCUT2D eigenvalue weighted by Gasteiger charge is 2.31. The van der Waals surface area contributed by atoms with Crippen LogP contribution in [0.3, 0.4) is 0 Å². The third kappa shape index (κ3) is 5.97. The number of imidazole rings is 1. The zero-order chi connectivity index (χ0) is 23.0. The molecule has 168 valence electrons. The summed E-state index contributed by atoms with van der Waals surface area (Å²) in [5.41, 5.74) is -1.13. The molecular weight excluding hydrogens is 517 g/mol. The number of benzene rings is 1. The Balaban J connectivity index is 1.89. The first-order valence-corrected chi connectivity index (χ1v) is 14.3. The largest absolute Gasteiger partial charge is 0.416 e. The molecule has 0 aliphatic heterocycles. The molecule has 0 fully saturated rings. The zero-order valence-corrected chi connectivity index (χ0v) is 20.5. The lowest BCUT2D eigenvalue weighted by Crippen LogP contribution is -2.24. The molecule has 0 aliphatic carbocycles. The first-order chi connectivity index (χ1) is 14.3. The molecular formula is C19H21BrClF3N4O2Si. The number of fused-ring (bicyclic) bond motifs is 1. The van der Waals surface area contributed by atoms with Crippen LogP contribution in [0.1, 0.15) is 11.3 Å². The van der Waals surface area contributed by atoms with Gasteiger partial charge in [-0.2, -0.15) is 18.2 Å². The lowest BCUT2D eigenvalue weighted by molar-refractivity contribution is -0.137. The predicted octanol–water partition coefficient (Wildman–Crippen LogP) is 5.39. The summed E-state index contributed by atoms with van der Waals surface area (Å²) >= 11 is 9.34. The quantitative estimate of drug-likeness (QED) is 0.230. The molecule has 0 saturated carbocycles. The SMILES string of the molecule is C[Si](C)(C)CCOCn1cc(Cn2c(=O)nc(Cl)c3ccc(C(F)(F)F)cc32)nc1Br. The highest BCUT2D eigenvalue weighted by molar-refractivity contribution is 9.10. The number of aromatic nitrogens is 4. The van der Waals surface area contributed by atoms with Crippen LogP contribution in [0, 0.1) is 0 Å². The molecule has 3 aromatic rings. The second-order valence-corrected chi connectivity index (χ2v) is 15.0. The number of ether oxygens (including phenoxy) is 1. The van der Waals surface area contributed by atoms with Crippen molar-refractivity contribution in [1.82, 2.24) is 19.1 Å². The van der Waals surface area contributed by atoms with Gasteiger partial charge in [-0.15, -0.1) is 0 Å². The molecule has 0 spiro atoms. The Morgan fingerprint density at radius 1 is 1.23 bits per heavy atom. The van der Waals surface area contributed by atoms with Gasteiger partial charge < -0.3 is 9.30 Å². The van der Waals surface area contributed by atoms with E-state index in [1.165, 1.54) is 6.07 Å². The fourth-order valence-electron chi connectivity index (χ4n) is 2.88. The summed E-state index contributed by atoms with van der Waals surface area (Å²) < 4.78 is 48.6. The van der Waals surface area contributed by atoms with Gasteiger partial charge in [-0.3, -0.25) is 4.57 Å². The van der Waals surface area contributed by atoms with E-state index < -0.39 is 25.5 Å². The van der Waals surface area contributed by atoms with Gasteiger partial charge in [-0.25, -0.2) is 9.78 Å². The lowest BCUT2D eigenvalue weighted by Gasteiger charge is -2.15. The van der Waals surface area contributed by atoms with Crippen LogP contribution < -0.4 is 5.69 Å². The summed E-state index contributed by atoms with van der Waals surface area (Å²) in [5.74, 6) is 0. The minimum Gasteiger partial charge on any atom is -0.361 e. The minimum absolute atomic E-state index is 0.0388. The highest BCUT2D eigenvalue weighted by atomic mass is 79.9. The van der Waals surface area contributed by atoms with E-state index in [9.17, 15) is 18.0 Å². The zero-order valence-electron chi connectivity index (χ0n) is 17.1. The number of nitrogens with zero attached hydrogens (tertiary/aromatic N) is 4. The van der Waals surface area contributed by atoms with E-state index in [-0.39, 0.29) is 29.3 Å². The van der Waals surface area contributed by atoms with Gasteiger partial charge >= 0.3 is 11.9 Å². The molecule has 3 rings (SSSR count). The van der Waals surface area contributed by atoms with Crippen molar-refractivity contribution in [3.05, 3.63) is 56.0 Å². The third-order valence-corrected chi connectivity index (χ3v) is 7.21. The molecule has 0 aliphatic rings. The van der Waals surface area contributed by atoms with E-state index in [0.717, 1.165) is 22.7 Å².